The highest BCUT2D eigenvalue weighted by molar-refractivity contribution is 5.96. The highest BCUT2D eigenvalue weighted by Gasteiger charge is 2.30. The predicted octanol–water partition coefficient (Wildman–Crippen LogP) is 5.04. The standard InChI is InChI=1S/C29H25FN4O/c30-25-12-7-13-26(20-25)34-15-14-24(21-31)28(34)29(35)33-18-16-32(17-19-33)27(22-8-3-1-4-9-22)23-10-5-2-6-11-23/h1-15,20,27H,16-19H2. The third-order valence-electron chi connectivity index (χ3n) is 6.49. The van der Waals surface area contributed by atoms with Crippen molar-refractivity contribution in [3.63, 3.8) is 0 Å². The summed E-state index contributed by atoms with van der Waals surface area (Å²) in [4.78, 5) is 17.8. The fourth-order valence-electron chi connectivity index (χ4n) is 4.80. The minimum Gasteiger partial charge on any atom is -0.335 e. The van der Waals surface area contributed by atoms with Crippen LogP contribution in [0.2, 0.25) is 0 Å². The third-order valence-corrected chi connectivity index (χ3v) is 6.49. The summed E-state index contributed by atoms with van der Waals surface area (Å²) >= 11 is 0. The first-order chi connectivity index (χ1) is 17.2. The molecule has 3 aromatic carbocycles. The smallest absolute Gasteiger partial charge is 0.272 e. The largest absolute Gasteiger partial charge is 0.335 e. The minimum atomic E-state index is -0.394. The first kappa shape index (κ1) is 22.6. The second-order valence-electron chi connectivity index (χ2n) is 8.59. The van der Waals surface area contributed by atoms with Crippen LogP contribution in [-0.4, -0.2) is 46.5 Å². The van der Waals surface area contributed by atoms with Crippen molar-refractivity contribution in [3.05, 3.63) is 125 Å². The molecular weight excluding hydrogens is 439 g/mol. The van der Waals surface area contributed by atoms with Crippen LogP contribution >= 0.6 is 0 Å². The van der Waals surface area contributed by atoms with Gasteiger partial charge in [-0.1, -0.05) is 66.7 Å². The number of nitriles is 1. The molecule has 35 heavy (non-hydrogen) atoms. The SMILES string of the molecule is N#Cc1ccn(-c2cccc(F)c2)c1C(=O)N1CCN(C(c2ccccc2)c2ccccc2)CC1. The van der Waals surface area contributed by atoms with Crippen LogP contribution in [0.1, 0.15) is 33.2 Å². The molecule has 6 heteroatoms. The van der Waals surface area contributed by atoms with Gasteiger partial charge in [0.2, 0.25) is 0 Å². The summed E-state index contributed by atoms with van der Waals surface area (Å²) in [6.45, 7) is 2.47. The maximum absolute atomic E-state index is 13.8. The van der Waals surface area contributed by atoms with Gasteiger partial charge in [0.1, 0.15) is 17.6 Å². The van der Waals surface area contributed by atoms with E-state index in [4.69, 9.17) is 0 Å². The zero-order valence-electron chi connectivity index (χ0n) is 19.2. The molecule has 2 heterocycles. The van der Waals surface area contributed by atoms with Crippen LogP contribution in [0.4, 0.5) is 4.39 Å². The molecule has 1 aromatic heterocycles. The number of hydrogen-bond donors (Lipinski definition) is 0. The Kier molecular flexibility index (Phi) is 6.42. The summed E-state index contributed by atoms with van der Waals surface area (Å²) in [5.41, 5.74) is 3.50. The minimum absolute atomic E-state index is 0.0977. The first-order valence-electron chi connectivity index (χ1n) is 11.7. The average molecular weight is 465 g/mol. The van der Waals surface area contributed by atoms with E-state index in [0.717, 1.165) is 0 Å². The van der Waals surface area contributed by atoms with E-state index >= 15 is 0 Å². The predicted molar refractivity (Wildman–Crippen MR) is 133 cm³/mol. The van der Waals surface area contributed by atoms with Crippen LogP contribution in [-0.2, 0) is 0 Å². The van der Waals surface area contributed by atoms with Gasteiger partial charge >= 0.3 is 0 Å². The van der Waals surface area contributed by atoms with Gasteiger partial charge in [0.15, 0.2) is 0 Å². The van der Waals surface area contributed by atoms with Crippen molar-refractivity contribution in [3.8, 4) is 11.8 Å². The monoisotopic (exact) mass is 464 g/mol. The summed E-state index contributed by atoms with van der Waals surface area (Å²) in [6.07, 6.45) is 1.65. The van der Waals surface area contributed by atoms with Crippen molar-refractivity contribution in [2.45, 2.75) is 6.04 Å². The second kappa shape index (κ2) is 9.96. The highest BCUT2D eigenvalue weighted by atomic mass is 19.1. The molecule has 1 fully saturated rings. The summed E-state index contributed by atoms with van der Waals surface area (Å²) in [7, 11) is 0. The Balaban J connectivity index is 1.39. The van der Waals surface area contributed by atoms with Gasteiger partial charge < -0.3 is 9.47 Å². The number of aromatic nitrogens is 1. The Morgan fingerprint density at radius 1 is 0.829 bits per heavy atom. The molecule has 0 radical (unpaired) electrons. The van der Waals surface area contributed by atoms with Gasteiger partial charge in [-0.15, -0.1) is 0 Å². The maximum Gasteiger partial charge on any atom is 0.272 e. The summed E-state index contributed by atoms with van der Waals surface area (Å²) in [5.74, 6) is -0.610. The molecule has 0 unspecified atom stereocenters. The molecule has 5 nitrogen and oxygen atoms in total. The molecule has 0 saturated carbocycles. The van der Waals surface area contributed by atoms with Crippen molar-refractivity contribution < 1.29 is 9.18 Å². The Morgan fingerprint density at radius 3 is 2.03 bits per heavy atom. The zero-order valence-corrected chi connectivity index (χ0v) is 19.2. The van der Waals surface area contributed by atoms with Gasteiger partial charge in [-0.05, 0) is 35.4 Å². The molecular formula is C29H25FN4O. The molecule has 1 saturated heterocycles. The Labute approximate surface area is 204 Å². The number of amides is 1. The lowest BCUT2D eigenvalue weighted by Crippen LogP contribution is -2.50. The molecule has 4 aromatic rings. The number of halogens is 1. The van der Waals surface area contributed by atoms with Crippen LogP contribution in [0, 0.1) is 17.1 Å². The highest BCUT2D eigenvalue weighted by Crippen LogP contribution is 2.30. The molecule has 1 aliphatic heterocycles. The van der Waals surface area contributed by atoms with E-state index in [9.17, 15) is 14.4 Å². The van der Waals surface area contributed by atoms with Crippen molar-refractivity contribution in [2.75, 3.05) is 26.2 Å². The molecule has 0 atom stereocenters. The van der Waals surface area contributed by atoms with E-state index in [1.54, 1.807) is 33.9 Å². The first-order valence-corrected chi connectivity index (χ1v) is 11.7. The topological polar surface area (TPSA) is 52.3 Å². The Bertz CT molecular complexity index is 1310. The third kappa shape index (κ3) is 4.59. The number of hydrogen-bond acceptors (Lipinski definition) is 3. The number of nitrogens with zero attached hydrogens (tertiary/aromatic N) is 4. The van der Waals surface area contributed by atoms with E-state index in [0.29, 0.717) is 31.9 Å². The van der Waals surface area contributed by atoms with E-state index < -0.39 is 5.82 Å². The van der Waals surface area contributed by atoms with Crippen LogP contribution in [0.15, 0.2) is 97.2 Å². The summed E-state index contributed by atoms with van der Waals surface area (Å²) in [6, 6.07) is 30.7. The summed E-state index contributed by atoms with van der Waals surface area (Å²) in [5, 5.41) is 9.63. The lowest BCUT2D eigenvalue weighted by molar-refractivity contribution is 0.0589. The molecule has 0 N–H and O–H groups in total. The number of rotatable bonds is 5. The van der Waals surface area contributed by atoms with Crippen molar-refractivity contribution in [2.24, 2.45) is 0 Å². The molecule has 0 aliphatic carbocycles. The van der Waals surface area contributed by atoms with Gasteiger partial charge in [0.05, 0.1) is 11.6 Å². The van der Waals surface area contributed by atoms with E-state index in [2.05, 4.69) is 59.5 Å². The molecule has 1 amide bonds. The normalized spacial score (nSPS) is 14.1. The number of carbonyl (C=O) groups excluding carboxylic acids is 1. The average Bonchev–Trinajstić information content (AvgIpc) is 3.34. The Morgan fingerprint density at radius 2 is 1.46 bits per heavy atom. The van der Waals surface area contributed by atoms with Crippen molar-refractivity contribution in [1.82, 2.24) is 14.4 Å². The molecule has 174 valence electrons. The van der Waals surface area contributed by atoms with Crippen LogP contribution in [0.3, 0.4) is 0 Å². The van der Waals surface area contributed by atoms with Gasteiger partial charge in [-0.2, -0.15) is 5.26 Å². The fourth-order valence-corrected chi connectivity index (χ4v) is 4.80. The van der Waals surface area contributed by atoms with Gasteiger partial charge in [-0.25, -0.2) is 4.39 Å². The van der Waals surface area contributed by atoms with Gasteiger partial charge in [-0.3, -0.25) is 9.69 Å². The number of piperazine rings is 1. The second-order valence-corrected chi connectivity index (χ2v) is 8.59. The van der Waals surface area contributed by atoms with Gasteiger partial charge in [0.25, 0.3) is 5.91 Å². The van der Waals surface area contributed by atoms with E-state index in [-0.39, 0.29) is 23.2 Å². The van der Waals surface area contributed by atoms with E-state index in [1.807, 2.05) is 12.1 Å². The molecule has 0 bridgehead atoms. The Hall–Kier alpha value is -4.21. The maximum atomic E-state index is 13.8. The van der Waals surface area contributed by atoms with E-state index in [1.165, 1.54) is 23.3 Å². The molecule has 0 spiro atoms. The number of benzene rings is 3. The van der Waals surface area contributed by atoms with Gasteiger partial charge in [0, 0.05) is 38.1 Å². The van der Waals surface area contributed by atoms with Crippen LogP contribution < -0.4 is 0 Å². The zero-order chi connectivity index (χ0) is 24.2. The van der Waals surface area contributed by atoms with Crippen LogP contribution in [0.25, 0.3) is 5.69 Å². The number of carbonyl (C=O) groups is 1. The fraction of sp³-hybridized carbons (Fsp3) is 0.172. The van der Waals surface area contributed by atoms with Crippen molar-refractivity contribution >= 4 is 5.91 Å². The van der Waals surface area contributed by atoms with Crippen molar-refractivity contribution in [1.29, 1.82) is 5.26 Å². The quantitative estimate of drug-likeness (QED) is 0.416. The van der Waals surface area contributed by atoms with Crippen LogP contribution in [0.5, 0.6) is 0 Å². The molecule has 5 rings (SSSR count). The lowest BCUT2D eigenvalue weighted by Gasteiger charge is -2.40. The molecule has 1 aliphatic rings. The lowest BCUT2D eigenvalue weighted by atomic mass is 9.96. The summed E-state index contributed by atoms with van der Waals surface area (Å²) < 4.78 is 15.5.